The molecule has 1 aromatic carbocycles. The monoisotopic (exact) mass is 357 g/mol. The highest BCUT2D eigenvalue weighted by Gasteiger charge is 2.21. The number of ether oxygens (including phenoxy) is 3. The van der Waals surface area contributed by atoms with Gasteiger partial charge in [0.1, 0.15) is 0 Å². The highest BCUT2D eigenvalue weighted by atomic mass is 35.5. The fourth-order valence-electron chi connectivity index (χ4n) is 1.86. The zero-order chi connectivity index (χ0) is 18.3. The van der Waals surface area contributed by atoms with Gasteiger partial charge in [-0.3, -0.25) is 4.79 Å². The van der Waals surface area contributed by atoms with Crippen LogP contribution in [0.5, 0.6) is 11.5 Å². The minimum Gasteiger partial charge on any atom is -0.493 e. The van der Waals surface area contributed by atoms with Crippen molar-refractivity contribution in [2.24, 2.45) is 0 Å². The minimum absolute atomic E-state index is 0.100. The number of hydrogen-bond acceptors (Lipinski definition) is 5. The standard InChI is InChI=1S/C17H24ClNO5/c1-6-7-19-16(20)11(4)24-17(21)12-8-13(18)15(23-10(2)3)14(9-12)22-5/h8-11H,6-7H2,1-5H3,(H,19,20). The Bertz CT molecular complexity index is 589. The molecular formula is C17H24ClNO5. The largest absolute Gasteiger partial charge is 0.493 e. The third-order valence-electron chi connectivity index (χ3n) is 3.02. The Labute approximate surface area is 147 Å². The number of hydrogen-bond donors (Lipinski definition) is 1. The summed E-state index contributed by atoms with van der Waals surface area (Å²) in [5.41, 5.74) is 0.183. The van der Waals surface area contributed by atoms with Gasteiger partial charge in [0.15, 0.2) is 17.6 Å². The van der Waals surface area contributed by atoms with Gasteiger partial charge in [0.25, 0.3) is 5.91 Å². The number of halogens is 1. The normalized spacial score (nSPS) is 11.8. The van der Waals surface area contributed by atoms with E-state index in [0.29, 0.717) is 18.0 Å². The summed E-state index contributed by atoms with van der Waals surface area (Å²) in [6.07, 6.45) is -0.201. The molecule has 6 nitrogen and oxygen atoms in total. The van der Waals surface area contributed by atoms with Gasteiger partial charge >= 0.3 is 5.97 Å². The molecule has 1 atom stereocenters. The zero-order valence-electron chi connectivity index (χ0n) is 14.6. The van der Waals surface area contributed by atoms with E-state index in [1.807, 2.05) is 20.8 Å². The molecule has 0 aromatic heterocycles. The maximum Gasteiger partial charge on any atom is 0.339 e. The lowest BCUT2D eigenvalue weighted by Crippen LogP contribution is -2.36. The lowest BCUT2D eigenvalue weighted by Gasteiger charge is -2.17. The van der Waals surface area contributed by atoms with Crippen LogP contribution in [-0.2, 0) is 9.53 Å². The van der Waals surface area contributed by atoms with Crippen molar-refractivity contribution in [1.82, 2.24) is 5.32 Å². The van der Waals surface area contributed by atoms with E-state index in [1.165, 1.54) is 26.2 Å². The molecule has 0 saturated carbocycles. The van der Waals surface area contributed by atoms with Crippen LogP contribution in [0.1, 0.15) is 44.5 Å². The highest BCUT2D eigenvalue weighted by Crippen LogP contribution is 2.37. The first-order chi connectivity index (χ1) is 11.3. The number of benzene rings is 1. The minimum atomic E-state index is -0.902. The Hall–Kier alpha value is -1.95. The summed E-state index contributed by atoms with van der Waals surface area (Å²) < 4.78 is 16.0. The predicted molar refractivity (Wildman–Crippen MR) is 91.9 cm³/mol. The average Bonchev–Trinajstić information content (AvgIpc) is 2.53. The van der Waals surface area contributed by atoms with E-state index in [9.17, 15) is 9.59 Å². The molecule has 0 aliphatic carbocycles. The third kappa shape index (κ3) is 5.60. The second-order valence-electron chi connectivity index (χ2n) is 5.49. The Kier molecular flexibility index (Phi) is 7.85. The van der Waals surface area contributed by atoms with Gasteiger partial charge in [-0.1, -0.05) is 18.5 Å². The topological polar surface area (TPSA) is 73.9 Å². The van der Waals surface area contributed by atoms with Crippen molar-refractivity contribution in [2.45, 2.75) is 46.3 Å². The SMILES string of the molecule is CCCNC(=O)C(C)OC(=O)c1cc(Cl)c(OC(C)C)c(OC)c1. The first-order valence-corrected chi connectivity index (χ1v) is 8.20. The lowest BCUT2D eigenvalue weighted by molar-refractivity contribution is -0.129. The van der Waals surface area contributed by atoms with Gasteiger partial charge in [-0.25, -0.2) is 4.79 Å². The van der Waals surface area contributed by atoms with Gasteiger partial charge in [0.2, 0.25) is 0 Å². The molecule has 0 radical (unpaired) electrons. The van der Waals surface area contributed by atoms with Crippen LogP contribution in [-0.4, -0.2) is 37.7 Å². The smallest absolute Gasteiger partial charge is 0.339 e. The summed E-state index contributed by atoms with van der Waals surface area (Å²) in [6, 6.07) is 2.91. The van der Waals surface area contributed by atoms with E-state index in [1.54, 1.807) is 0 Å². The molecule has 0 heterocycles. The summed E-state index contributed by atoms with van der Waals surface area (Å²) in [5, 5.41) is 2.90. The molecule has 1 rings (SSSR count). The van der Waals surface area contributed by atoms with E-state index in [2.05, 4.69) is 5.32 Å². The number of amides is 1. The van der Waals surface area contributed by atoms with Crippen molar-refractivity contribution >= 4 is 23.5 Å². The predicted octanol–water partition coefficient (Wildman–Crippen LogP) is 3.21. The fraction of sp³-hybridized carbons (Fsp3) is 0.529. The van der Waals surface area contributed by atoms with Crippen molar-refractivity contribution in [3.05, 3.63) is 22.7 Å². The van der Waals surface area contributed by atoms with Crippen LogP contribution in [0.25, 0.3) is 0 Å². The molecule has 1 unspecified atom stereocenters. The summed E-state index contributed by atoms with van der Waals surface area (Å²) in [7, 11) is 1.45. The van der Waals surface area contributed by atoms with Crippen molar-refractivity contribution < 1.29 is 23.8 Å². The quantitative estimate of drug-likeness (QED) is 0.723. The van der Waals surface area contributed by atoms with Crippen molar-refractivity contribution in [2.75, 3.05) is 13.7 Å². The maximum atomic E-state index is 12.2. The van der Waals surface area contributed by atoms with E-state index in [4.69, 9.17) is 25.8 Å². The van der Waals surface area contributed by atoms with Crippen LogP contribution in [0, 0.1) is 0 Å². The molecule has 7 heteroatoms. The first kappa shape index (κ1) is 20.1. The van der Waals surface area contributed by atoms with E-state index < -0.39 is 12.1 Å². The molecule has 0 spiro atoms. The average molecular weight is 358 g/mol. The molecule has 0 saturated heterocycles. The molecule has 0 aliphatic rings. The maximum absolute atomic E-state index is 12.2. The summed E-state index contributed by atoms with van der Waals surface area (Å²) in [4.78, 5) is 24.0. The molecule has 134 valence electrons. The number of carbonyl (C=O) groups excluding carboxylic acids is 2. The number of methoxy groups -OCH3 is 1. The van der Waals surface area contributed by atoms with Crippen molar-refractivity contribution in [3.63, 3.8) is 0 Å². The van der Waals surface area contributed by atoms with Gasteiger partial charge in [0, 0.05) is 6.54 Å². The zero-order valence-corrected chi connectivity index (χ0v) is 15.4. The Morgan fingerprint density at radius 1 is 1.25 bits per heavy atom. The second kappa shape index (κ2) is 9.37. The van der Waals surface area contributed by atoms with Gasteiger partial charge in [-0.15, -0.1) is 0 Å². The Morgan fingerprint density at radius 2 is 1.92 bits per heavy atom. The number of rotatable bonds is 8. The molecule has 24 heavy (non-hydrogen) atoms. The molecule has 0 fully saturated rings. The lowest BCUT2D eigenvalue weighted by atomic mass is 10.2. The molecule has 0 bridgehead atoms. The highest BCUT2D eigenvalue weighted by molar-refractivity contribution is 6.32. The van der Waals surface area contributed by atoms with Gasteiger partial charge in [-0.2, -0.15) is 0 Å². The van der Waals surface area contributed by atoms with E-state index >= 15 is 0 Å². The van der Waals surface area contributed by atoms with E-state index in [0.717, 1.165) is 6.42 Å². The third-order valence-corrected chi connectivity index (χ3v) is 3.30. The summed E-state index contributed by atoms with van der Waals surface area (Å²) >= 11 is 6.18. The Balaban J connectivity index is 2.91. The summed E-state index contributed by atoms with van der Waals surface area (Å²) in [5.74, 6) is -0.320. The van der Waals surface area contributed by atoms with Crippen LogP contribution in [0.2, 0.25) is 5.02 Å². The number of esters is 1. The number of carbonyl (C=O) groups is 2. The Morgan fingerprint density at radius 3 is 2.46 bits per heavy atom. The van der Waals surface area contributed by atoms with Crippen LogP contribution in [0.4, 0.5) is 0 Å². The molecule has 1 N–H and O–H groups in total. The molecule has 1 amide bonds. The van der Waals surface area contributed by atoms with Gasteiger partial charge in [0.05, 0.1) is 23.8 Å². The van der Waals surface area contributed by atoms with Crippen LogP contribution in [0.15, 0.2) is 12.1 Å². The van der Waals surface area contributed by atoms with Crippen LogP contribution < -0.4 is 14.8 Å². The van der Waals surface area contributed by atoms with E-state index in [-0.39, 0.29) is 22.6 Å². The van der Waals surface area contributed by atoms with Gasteiger partial charge in [-0.05, 0) is 39.3 Å². The molecular weight excluding hydrogens is 334 g/mol. The van der Waals surface area contributed by atoms with Crippen molar-refractivity contribution in [1.29, 1.82) is 0 Å². The molecule has 1 aromatic rings. The van der Waals surface area contributed by atoms with Gasteiger partial charge < -0.3 is 19.5 Å². The molecule has 0 aliphatic heterocycles. The van der Waals surface area contributed by atoms with Crippen LogP contribution >= 0.6 is 11.6 Å². The summed E-state index contributed by atoms with van der Waals surface area (Å²) in [6.45, 7) is 7.69. The first-order valence-electron chi connectivity index (χ1n) is 7.83. The fourth-order valence-corrected chi connectivity index (χ4v) is 2.12. The van der Waals surface area contributed by atoms with Crippen LogP contribution in [0.3, 0.4) is 0 Å². The number of nitrogens with one attached hydrogen (secondary N) is 1. The second-order valence-corrected chi connectivity index (χ2v) is 5.90. The van der Waals surface area contributed by atoms with Crippen molar-refractivity contribution in [3.8, 4) is 11.5 Å².